The van der Waals surface area contributed by atoms with Gasteiger partial charge in [0.2, 0.25) is 5.91 Å². The zero-order valence-corrected chi connectivity index (χ0v) is 41.9. The van der Waals surface area contributed by atoms with E-state index in [1.54, 1.807) is 48.1 Å². The summed E-state index contributed by atoms with van der Waals surface area (Å²) in [6, 6.07) is 9.59. The van der Waals surface area contributed by atoms with E-state index in [1.807, 2.05) is 0 Å². The van der Waals surface area contributed by atoms with Crippen LogP contribution in [0.3, 0.4) is 0 Å². The summed E-state index contributed by atoms with van der Waals surface area (Å²) in [5.74, 6) is -1.21. The molecule has 1 N–H and O–H groups in total. The number of carbonyl (C=O) groups is 6. The molecule has 0 aromatic heterocycles. The second kappa shape index (κ2) is 18.8. The van der Waals surface area contributed by atoms with E-state index >= 15 is 0 Å². The number of hydrogen-bond donors (Lipinski definition) is 1. The molecule has 2 aromatic rings. The standard InChI is InChI=1S/C56H71NO11/c1-34(58)64-42-17-12-38(30-44(42)66-36(3)60)14-20-49(62)57-33-56-28-26-51(5,6)32-41(56)40-16-19-47-53(9)24-23-48(52(7,8)46(53)22-25-55(47,11)54(40,10)27-29-56)68-50(63)21-15-39-13-18-43(65-35(2)59)45(31-39)67-37(4)61/h12-18,20-21,30-31,41,46-48H,19,22-29,32-33H2,1-11H3,(H,57,62)/b20-14+,21-15+/t41-,46-,47+,48-,53-,54+,55+,56?/m0/s1. The number of hydrogen-bond acceptors (Lipinski definition) is 11. The van der Waals surface area contributed by atoms with Gasteiger partial charge in [0.25, 0.3) is 0 Å². The van der Waals surface area contributed by atoms with E-state index < -0.39 is 29.8 Å². The lowest BCUT2D eigenvalue weighted by Gasteiger charge is -2.71. The van der Waals surface area contributed by atoms with Gasteiger partial charge in [-0.2, -0.15) is 0 Å². The molecule has 0 saturated heterocycles. The first kappa shape index (κ1) is 50.4. The lowest BCUT2D eigenvalue weighted by Crippen LogP contribution is -2.65. The Bertz CT molecular complexity index is 2460. The molecule has 4 saturated carbocycles. The Morgan fingerprint density at radius 2 is 1.18 bits per heavy atom. The predicted molar refractivity (Wildman–Crippen MR) is 258 cm³/mol. The number of rotatable bonds is 11. The molecule has 4 fully saturated rings. The second-order valence-corrected chi connectivity index (χ2v) is 22.5. The molecule has 12 nitrogen and oxygen atoms in total. The Morgan fingerprint density at radius 3 is 1.75 bits per heavy atom. The Morgan fingerprint density at radius 1 is 0.632 bits per heavy atom. The maximum atomic E-state index is 13.6. The summed E-state index contributed by atoms with van der Waals surface area (Å²) in [6.45, 7) is 22.7. The van der Waals surface area contributed by atoms with Crippen molar-refractivity contribution in [2.75, 3.05) is 6.54 Å². The summed E-state index contributed by atoms with van der Waals surface area (Å²) in [5.41, 5.74) is 2.77. The summed E-state index contributed by atoms with van der Waals surface area (Å²) < 4.78 is 27.3. The third-order valence-corrected chi connectivity index (χ3v) is 17.4. The third-order valence-electron chi connectivity index (χ3n) is 17.4. The molecule has 12 heteroatoms. The molecule has 0 heterocycles. The molecule has 5 aliphatic carbocycles. The minimum Gasteiger partial charge on any atom is -0.459 e. The van der Waals surface area contributed by atoms with Gasteiger partial charge in [0.1, 0.15) is 6.10 Å². The van der Waals surface area contributed by atoms with Gasteiger partial charge in [-0.05, 0) is 157 Å². The summed E-state index contributed by atoms with van der Waals surface area (Å²) in [5, 5.41) is 3.32. The zero-order valence-electron chi connectivity index (χ0n) is 41.9. The topological polar surface area (TPSA) is 161 Å². The van der Waals surface area contributed by atoms with E-state index in [4.69, 9.17) is 23.7 Å². The number of ether oxygens (including phenoxy) is 5. The molecule has 8 atom stereocenters. The third kappa shape index (κ3) is 9.84. The van der Waals surface area contributed by atoms with E-state index in [-0.39, 0.29) is 67.5 Å². The molecule has 0 radical (unpaired) electrons. The van der Waals surface area contributed by atoms with Crippen molar-refractivity contribution in [2.24, 2.45) is 50.2 Å². The van der Waals surface area contributed by atoms with Gasteiger partial charge in [-0.25, -0.2) is 4.79 Å². The lowest BCUT2D eigenvalue weighted by atomic mass is 9.33. The highest BCUT2D eigenvalue weighted by Gasteiger charge is 2.68. The molecule has 5 aliphatic rings. The number of amides is 1. The summed E-state index contributed by atoms with van der Waals surface area (Å²) in [4.78, 5) is 73.8. The van der Waals surface area contributed by atoms with Crippen LogP contribution in [0.1, 0.15) is 151 Å². The maximum Gasteiger partial charge on any atom is 0.331 e. The van der Waals surface area contributed by atoms with Gasteiger partial charge < -0.3 is 29.0 Å². The number of esters is 5. The van der Waals surface area contributed by atoms with Crippen LogP contribution in [0.2, 0.25) is 0 Å². The molecule has 0 spiro atoms. The average molecular weight is 934 g/mol. The van der Waals surface area contributed by atoms with Crippen LogP contribution in [0.5, 0.6) is 23.0 Å². The van der Waals surface area contributed by atoms with Gasteiger partial charge in [0, 0.05) is 51.8 Å². The first-order valence-corrected chi connectivity index (χ1v) is 24.4. The van der Waals surface area contributed by atoms with Gasteiger partial charge in [0.15, 0.2) is 23.0 Å². The fourth-order valence-corrected chi connectivity index (χ4v) is 13.9. The Hall–Kier alpha value is -5.52. The van der Waals surface area contributed by atoms with Crippen molar-refractivity contribution in [3.8, 4) is 23.0 Å². The molecule has 1 unspecified atom stereocenters. The molecule has 2 aromatic carbocycles. The Labute approximate surface area is 402 Å². The number of benzene rings is 2. The molecule has 7 rings (SSSR count). The van der Waals surface area contributed by atoms with E-state index in [0.29, 0.717) is 35.4 Å². The van der Waals surface area contributed by atoms with Gasteiger partial charge in [-0.3, -0.25) is 24.0 Å². The minimum atomic E-state index is -0.560. The van der Waals surface area contributed by atoms with Crippen molar-refractivity contribution in [1.82, 2.24) is 5.32 Å². The van der Waals surface area contributed by atoms with Crippen LogP contribution in [0.25, 0.3) is 12.2 Å². The quantitative estimate of drug-likeness (QED) is 0.0988. The van der Waals surface area contributed by atoms with Crippen molar-refractivity contribution >= 4 is 47.9 Å². The highest BCUT2D eigenvalue weighted by molar-refractivity contribution is 5.92. The minimum absolute atomic E-state index is 0.00270. The molecule has 1 amide bonds. The summed E-state index contributed by atoms with van der Waals surface area (Å²) >= 11 is 0. The summed E-state index contributed by atoms with van der Waals surface area (Å²) in [7, 11) is 0. The smallest absolute Gasteiger partial charge is 0.331 e. The maximum absolute atomic E-state index is 13.6. The fraction of sp³-hybridized carbons (Fsp3) is 0.571. The van der Waals surface area contributed by atoms with Crippen LogP contribution in [-0.4, -0.2) is 48.4 Å². The van der Waals surface area contributed by atoms with Gasteiger partial charge in [-0.15, -0.1) is 0 Å². The number of fused-ring (bicyclic) bond motifs is 7. The number of allylic oxidation sites excluding steroid dienone is 2. The van der Waals surface area contributed by atoms with Crippen LogP contribution in [0.4, 0.5) is 0 Å². The second-order valence-electron chi connectivity index (χ2n) is 22.5. The fourth-order valence-electron chi connectivity index (χ4n) is 13.9. The lowest BCUT2D eigenvalue weighted by molar-refractivity contribution is -0.211. The van der Waals surface area contributed by atoms with Gasteiger partial charge in [-0.1, -0.05) is 72.2 Å². The van der Waals surface area contributed by atoms with Crippen LogP contribution >= 0.6 is 0 Å². The highest BCUT2D eigenvalue weighted by Crippen LogP contribution is 2.76. The van der Waals surface area contributed by atoms with Gasteiger partial charge in [0.05, 0.1) is 0 Å². The largest absolute Gasteiger partial charge is 0.459 e. The average Bonchev–Trinajstić information content (AvgIpc) is 3.23. The van der Waals surface area contributed by atoms with E-state index in [2.05, 4.69) is 59.9 Å². The number of nitrogens with one attached hydrogen (secondary N) is 1. The molecule has 0 bridgehead atoms. The molecular formula is C56H71NO11. The SMILES string of the molecule is CC(=O)Oc1ccc(/C=C/C(=O)NCC23CCC(C)(C)C[C@H]2C2=CC[C@@H]4[C@@]5(C)CC[C@H](OC(=O)/C=C/c6ccc(OC(C)=O)c(OC(C)=O)c6)C(C)(C)[C@@H]5CC[C@@]4(C)[C@]2(C)CC3)cc1OC(C)=O. The normalized spacial score (nSPS) is 31.1. The zero-order chi connectivity index (χ0) is 49.6. The predicted octanol–water partition coefficient (Wildman–Crippen LogP) is 10.9. The van der Waals surface area contributed by atoms with Crippen molar-refractivity contribution in [1.29, 1.82) is 0 Å². The molecular weight excluding hydrogens is 863 g/mol. The van der Waals surface area contributed by atoms with Crippen LogP contribution in [-0.2, 0) is 33.5 Å². The highest BCUT2D eigenvalue weighted by atomic mass is 16.6. The summed E-state index contributed by atoms with van der Waals surface area (Å²) in [6.07, 6.45) is 18.8. The van der Waals surface area contributed by atoms with Crippen LogP contribution in [0.15, 0.2) is 60.2 Å². The van der Waals surface area contributed by atoms with Crippen molar-refractivity contribution in [3.05, 3.63) is 71.3 Å². The van der Waals surface area contributed by atoms with Gasteiger partial charge >= 0.3 is 29.8 Å². The molecule has 68 heavy (non-hydrogen) atoms. The first-order valence-electron chi connectivity index (χ1n) is 24.4. The van der Waals surface area contributed by atoms with E-state index in [0.717, 1.165) is 64.2 Å². The van der Waals surface area contributed by atoms with Crippen molar-refractivity contribution < 1.29 is 52.5 Å². The first-order chi connectivity index (χ1) is 31.8. The van der Waals surface area contributed by atoms with Crippen molar-refractivity contribution in [3.63, 3.8) is 0 Å². The van der Waals surface area contributed by atoms with E-state index in [1.165, 1.54) is 45.9 Å². The monoisotopic (exact) mass is 934 g/mol. The van der Waals surface area contributed by atoms with E-state index in [9.17, 15) is 28.8 Å². The molecule has 0 aliphatic heterocycles. The van der Waals surface area contributed by atoms with Crippen molar-refractivity contribution in [2.45, 2.75) is 146 Å². The Kier molecular flexibility index (Phi) is 13.9. The Balaban J connectivity index is 1.06. The number of carbonyl (C=O) groups excluding carboxylic acids is 6. The molecule has 366 valence electrons. The van der Waals surface area contributed by atoms with Crippen LogP contribution < -0.4 is 24.3 Å². The van der Waals surface area contributed by atoms with Crippen LogP contribution in [0, 0.1) is 50.2 Å².